The van der Waals surface area contributed by atoms with Gasteiger partial charge in [0.1, 0.15) is 0 Å². The summed E-state index contributed by atoms with van der Waals surface area (Å²) in [6.45, 7) is 8.33. The molecule has 5 nitrogen and oxygen atoms in total. The number of hydrogen-bond donors (Lipinski definition) is 2. The first kappa shape index (κ1) is 15.7. The first-order chi connectivity index (χ1) is 7.73. The molecule has 17 heavy (non-hydrogen) atoms. The summed E-state index contributed by atoms with van der Waals surface area (Å²) in [5, 5.41) is 6.64. The third-order valence-electron chi connectivity index (χ3n) is 1.89. The highest BCUT2D eigenvalue weighted by molar-refractivity contribution is 5.96. The molecule has 0 heterocycles. The Morgan fingerprint density at radius 2 is 1.65 bits per heavy atom. The summed E-state index contributed by atoms with van der Waals surface area (Å²) < 4.78 is 2.03. The Morgan fingerprint density at radius 1 is 1.12 bits per heavy atom. The van der Waals surface area contributed by atoms with Crippen LogP contribution >= 0.6 is 0 Å². The van der Waals surface area contributed by atoms with Gasteiger partial charge in [-0.2, -0.15) is 0 Å². The normalized spacial score (nSPS) is 11.8. The molecule has 0 spiro atoms. The molecule has 0 aromatic heterocycles. The van der Waals surface area contributed by atoms with E-state index in [0.717, 1.165) is 11.9 Å². The van der Waals surface area contributed by atoms with Gasteiger partial charge in [-0.05, 0) is 27.7 Å². The Kier molecular flexibility index (Phi) is 6.61. The van der Waals surface area contributed by atoms with Gasteiger partial charge in [0.05, 0.1) is 28.2 Å². The van der Waals surface area contributed by atoms with E-state index in [4.69, 9.17) is 0 Å². The Morgan fingerprint density at radius 3 is 1.94 bits per heavy atom. The van der Waals surface area contributed by atoms with Gasteiger partial charge in [0.25, 0.3) is 5.96 Å². The second-order valence-corrected chi connectivity index (χ2v) is 5.11. The minimum Gasteiger partial charge on any atom is -0.341 e. The van der Waals surface area contributed by atoms with E-state index in [0.29, 0.717) is 6.04 Å². The summed E-state index contributed by atoms with van der Waals surface area (Å²) in [5.74, 6) is 1.81. The van der Waals surface area contributed by atoms with Crippen molar-refractivity contribution in [1.82, 2.24) is 15.5 Å². The summed E-state index contributed by atoms with van der Waals surface area (Å²) in [7, 11) is 8.02. The van der Waals surface area contributed by atoms with Crippen LogP contribution in [-0.4, -0.2) is 61.7 Å². The number of nitrogens with zero attached hydrogens (tertiary/aromatic N) is 3. The van der Waals surface area contributed by atoms with Crippen molar-refractivity contribution in [1.29, 1.82) is 0 Å². The molecule has 0 saturated heterocycles. The van der Waals surface area contributed by atoms with Gasteiger partial charge < -0.3 is 5.32 Å². The second-order valence-electron chi connectivity index (χ2n) is 5.11. The molecule has 100 valence electrons. The molecule has 0 unspecified atom stereocenters. The number of aliphatic imine (C=N–C) groups is 1. The molecule has 0 rings (SSSR count). The van der Waals surface area contributed by atoms with Crippen molar-refractivity contribution in [2.75, 3.05) is 28.2 Å². The van der Waals surface area contributed by atoms with Crippen molar-refractivity contribution in [3.05, 3.63) is 0 Å². The van der Waals surface area contributed by atoms with E-state index in [1.807, 2.05) is 37.7 Å². The standard InChI is InChI=1S/C12H27N5/c1-9(2)13-11(14-10(3)4)15-12(16(5)6)17(7)8/h9-10H,1-8H3,(H,13,14)/p+1. The molecule has 0 atom stereocenters. The van der Waals surface area contributed by atoms with Crippen molar-refractivity contribution in [2.24, 2.45) is 4.99 Å². The lowest BCUT2D eigenvalue weighted by molar-refractivity contribution is -0.471. The lowest BCUT2D eigenvalue weighted by atomic mass is 10.4. The Labute approximate surface area is 106 Å². The van der Waals surface area contributed by atoms with Crippen molar-refractivity contribution in [3.63, 3.8) is 0 Å². The minimum atomic E-state index is 0.259. The largest absolute Gasteiger partial charge is 0.354 e. The van der Waals surface area contributed by atoms with Gasteiger partial charge in [0.2, 0.25) is 0 Å². The van der Waals surface area contributed by atoms with Gasteiger partial charge in [-0.25, -0.2) is 10.3 Å². The van der Waals surface area contributed by atoms with Crippen LogP contribution in [0, 0.1) is 0 Å². The van der Waals surface area contributed by atoms with Crippen molar-refractivity contribution in [2.45, 2.75) is 39.8 Å². The first-order valence-corrected chi connectivity index (χ1v) is 6.07. The second kappa shape index (κ2) is 7.14. The monoisotopic (exact) mass is 242 g/mol. The summed E-state index contributed by atoms with van der Waals surface area (Å²) in [5.41, 5.74) is 0. The number of guanidine groups is 2. The maximum absolute atomic E-state index is 4.54. The molecule has 0 aliphatic rings. The van der Waals surface area contributed by atoms with E-state index in [2.05, 4.69) is 43.3 Å². The molecule has 0 aromatic carbocycles. The number of rotatable bonds is 2. The van der Waals surface area contributed by atoms with Gasteiger partial charge in [0, 0.05) is 12.1 Å². The van der Waals surface area contributed by atoms with E-state index in [1.54, 1.807) is 0 Å². The zero-order valence-electron chi connectivity index (χ0n) is 12.5. The molecule has 0 aliphatic carbocycles. The van der Waals surface area contributed by atoms with Gasteiger partial charge >= 0.3 is 5.96 Å². The van der Waals surface area contributed by atoms with Gasteiger partial charge in [-0.3, -0.25) is 9.48 Å². The minimum absolute atomic E-state index is 0.259. The molecule has 0 radical (unpaired) electrons. The Hall–Kier alpha value is -1.26. The molecule has 0 saturated carbocycles. The van der Waals surface area contributed by atoms with Crippen LogP contribution in [0.3, 0.4) is 0 Å². The lowest BCUT2D eigenvalue weighted by Crippen LogP contribution is -2.51. The number of hydrogen-bond acceptors (Lipinski definition) is 1. The third kappa shape index (κ3) is 6.81. The van der Waals surface area contributed by atoms with Crippen LogP contribution < -0.4 is 10.6 Å². The van der Waals surface area contributed by atoms with Crippen LogP contribution in [-0.2, 0) is 0 Å². The van der Waals surface area contributed by atoms with E-state index in [1.165, 1.54) is 0 Å². The summed E-state index contributed by atoms with van der Waals surface area (Å²) >= 11 is 0. The van der Waals surface area contributed by atoms with Crippen LogP contribution in [0.2, 0.25) is 0 Å². The van der Waals surface area contributed by atoms with Gasteiger partial charge in [0.15, 0.2) is 0 Å². The lowest BCUT2D eigenvalue weighted by Gasteiger charge is -2.17. The summed E-state index contributed by atoms with van der Waals surface area (Å²) in [6.07, 6.45) is 0. The van der Waals surface area contributed by atoms with E-state index < -0.39 is 0 Å². The molecule has 0 bridgehead atoms. The SMILES string of the molecule is CC(C)N=C(NC(N(C)C)=[N+](C)C)NC(C)C. The molecule has 2 N–H and O–H groups in total. The van der Waals surface area contributed by atoms with E-state index >= 15 is 0 Å². The van der Waals surface area contributed by atoms with Gasteiger partial charge in [-0.15, -0.1) is 0 Å². The fourth-order valence-electron chi connectivity index (χ4n) is 1.37. The van der Waals surface area contributed by atoms with Crippen LogP contribution in [0.25, 0.3) is 0 Å². The fourth-order valence-corrected chi connectivity index (χ4v) is 1.37. The highest BCUT2D eigenvalue weighted by atomic mass is 15.3. The highest BCUT2D eigenvalue weighted by Gasteiger charge is 2.15. The predicted molar refractivity (Wildman–Crippen MR) is 74.8 cm³/mol. The quantitative estimate of drug-likeness (QED) is 0.422. The molecular weight excluding hydrogens is 214 g/mol. The maximum atomic E-state index is 4.54. The average Bonchev–Trinajstić information content (AvgIpc) is 2.10. The zero-order valence-corrected chi connectivity index (χ0v) is 12.5. The third-order valence-corrected chi connectivity index (χ3v) is 1.89. The molecule has 0 aliphatic heterocycles. The molecule has 0 fully saturated rings. The van der Waals surface area contributed by atoms with E-state index in [-0.39, 0.29) is 6.04 Å². The van der Waals surface area contributed by atoms with Crippen LogP contribution in [0.5, 0.6) is 0 Å². The van der Waals surface area contributed by atoms with Crippen LogP contribution in [0.4, 0.5) is 0 Å². The van der Waals surface area contributed by atoms with Crippen molar-refractivity contribution >= 4 is 11.9 Å². The number of nitrogens with one attached hydrogen (secondary N) is 2. The zero-order chi connectivity index (χ0) is 13.6. The van der Waals surface area contributed by atoms with Crippen LogP contribution in [0.15, 0.2) is 4.99 Å². The maximum Gasteiger partial charge on any atom is 0.354 e. The first-order valence-electron chi connectivity index (χ1n) is 6.07. The predicted octanol–water partition coefficient (Wildman–Crippen LogP) is 0.528. The Balaban J connectivity index is 4.92. The molecule has 0 amide bonds. The Bertz CT molecular complexity index is 285. The average molecular weight is 242 g/mol. The van der Waals surface area contributed by atoms with E-state index in [9.17, 15) is 0 Å². The topological polar surface area (TPSA) is 42.7 Å². The summed E-state index contributed by atoms with van der Waals surface area (Å²) in [6, 6.07) is 0.611. The van der Waals surface area contributed by atoms with Crippen LogP contribution in [0.1, 0.15) is 27.7 Å². The molecule has 0 aromatic rings. The fraction of sp³-hybridized carbons (Fsp3) is 0.833. The molecular formula is C12H28N5+. The van der Waals surface area contributed by atoms with Gasteiger partial charge in [-0.1, -0.05) is 0 Å². The van der Waals surface area contributed by atoms with Crippen molar-refractivity contribution in [3.8, 4) is 0 Å². The smallest absolute Gasteiger partial charge is 0.341 e. The highest BCUT2D eigenvalue weighted by Crippen LogP contribution is 1.88. The molecule has 5 heteroatoms. The summed E-state index contributed by atoms with van der Waals surface area (Å²) in [4.78, 5) is 6.57. The van der Waals surface area contributed by atoms with Crippen molar-refractivity contribution < 1.29 is 4.58 Å².